The van der Waals surface area contributed by atoms with E-state index in [1.165, 1.54) is 33.4 Å². The molecule has 0 N–H and O–H groups in total. The molecule has 6 nitrogen and oxygen atoms in total. The van der Waals surface area contributed by atoms with Gasteiger partial charge in [0, 0.05) is 19.3 Å². The van der Waals surface area contributed by atoms with Gasteiger partial charge in [0.15, 0.2) is 17.7 Å². The summed E-state index contributed by atoms with van der Waals surface area (Å²) in [5.74, 6) is 2.50. The molecule has 0 aromatic heterocycles. The fourth-order valence-electron chi connectivity index (χ4n) is 4.54. The highest BCUT2D eigenvalue weighted by Crippen LogP contribution is 2.31. The Balaban J connectivity index is 1.74. The van der Waals surface area contributed by atoms with E-state index in [2.05, 4.69) is 56.5 Å². The van der Waals surface area contributed by atoms with E-state index in [0.29, 0.717) is 19.8 Å². The van der Waals surface area contributed by atoms with E-state index in [9.17, 15) is 0 Å². The zero-order chi connectivity index (χ0) is 21.4. The van der Waals surface area contributed by atoms with Crippen molar-refractivity contribution in [2.45, 2.75) is 78.9 Å². The molecule has 0 saturated carbocycles. The summed E-state index contributed by atoms with van der Waals surface area (Å²) < 4.78 is 17.5. The highest BCUT2D eigenvalue weighted by molar-refractivity contribution is 5.85. The van der Waals surface area contributed by atoms with Gasteiger partial charge in [0.1, 0.15) is 19.8 Å². The molecule has 0 fully saturated rings. The third-order valence-electron chi connectivity index (χ3n) is 6.27. The summed E-state index contributed by atoms with van der Waals surface area (Å²) >= 11 is 0. The van der Waals surface area contributed by atoms with Gasteiger partial charge >= 0.3 is 0 Å². The van der Waals surface area contributed by atoms with Gasteiger partial charge in [-0.1, -0.05) is 0 Å². The van der Waals surface area contributed by atoms with E-state index in [-0.39, 0.29) is 18.1 Å². The lowest BCUT2D eigenvalue weighted by molar-refractivity contribution is 0.317. The van der Waals surface area contributed by atoms with Crippen LogP contribution in [-0.4, -0.2) is 55.6 Å². The number of hydrogen-bond acceptors (Lipinski definition) is 6. The van der Waals surface area contributed by atoms with Gasteiger partial charge in [-0.25, -0.2) is 15.0 Å². The van der Waals surface area contributed by atoms with E-state index in [0.717, 1.165) is 37.0 Å². The van der Waals surface area contributed by atoms with E-state index in [1.807, 2.05) is 0 Å². The molecule has 0 bridgehead atoms. The zero-order valence-electron chi connectivity index (χ0n) is 19.0. The van der Waals surface area contributed by atoms with Crippen LogP contribution in [0, 0.1) is 20.8 Å². The molecule has 0 saturated heterocycles. The molecule has 1 aromatic rings. The number of rotatable bonds is 6. The lowest BCUT2D eigenvalue weighted by Crippen LogP contribution is -2.16. The molecule has 0 unspecified atom stereocenters. The Bertz CT molecular complexity index is 792. The number of nitrogens with zero attached hydrogens (tertiary/aromatic N) is 3. The first kappa shape index (κ1) is 20.9. The molecular weight excluding hydrogens is 378 g/mol. The van der Waals surface area contributed by atoms with Crippen molar-refractivity contribution in [2.24, 2.45) is 15.0 Å². The fourth-order valence-corrected chi connectivity index (χ4v) is 4.54. The van der Waals surface area contributed by atoms with Crippen LogP contribution in [0.2, 0.25) is 0 Å². The summed E-state index contributed by atoms with van der Waals surface area (Å²) in [6.07, 6.45) is 2.15. The summed E-state index contributed by atoms with van der Waals surface area (Å²) in [6.45, 7) is 14.9. The summed E-state index contributed by atoms with van der Waals surface area (Å²) in [6, 6.07) is 0.696. The van der Waals surface area contributed by atoms with E-state index in [4.69, 9.17) is 14.2 Å². The van der Waals surface area contributed by atoms with Gasteiger partial charge in [0.2, 0.25) is 0 Å². The average Bonchev–Trinajstić information content (AvgIpc) is 3.42. The van der Waals surface area contributed by atoms with E-state index >= 15 is 0 Å². The van der Waals surface area contributed by atoms with Crippen LogP contribution >= 0.6 is 0 Å². The Labute approximate surface area is 179 Å². The lowest BCUT2D eigenvalue weighted by Gasteiger charge is -2.22. The quantitative estimate of drug-likeness (QED) is 0.717. The van der Waals surface area contributed by atoms with Crippen LogP contribution in [0.3, 0.4) is 0 Å². The van der Waals surface area contributed by atoms with Crippen molar-refractivity contribution in [2.75, 3.05) is 19.8 Å². The lowest BCUT2D eigenvalue weighted by atomic mass is 9.84. The van der Waals surface area contributed by atoms with Crippen LogP contribution in [-0.2, 0) is 33.5 Å². The molecule has 1 aromatic carbocycles. The summed E-state index contributed by atoms with van der Waals surface area (Å²) in [4.78, 5) is 14.0. The second-order valence-electron chi connectivity index (χ2n) is 8.89. The topological polar surface area (TPSA) is 64.8 Å². The summed E-state index contributed by atoms with van der Waals surface area (Å²) in [5, 5.41) is 0. The molecule has 4 rings (SSSR count). The minimum absolute atomic E-state index is 0.232. The van der Waals surface area contributed by atoms with Gasteiger partial charge < -0.3 is 14.2 Å². The van der Waals surface area contributed by atoms with Gasteiger partial charge in [-0.3, -0.25) is 0 Å². The molecule has 0 spiro atoms. The predicted octanol–water partition coefficient (Wildman–Crippen LogP) is 3.69. The zero-order valence-corrected chi connectivity index (χ0v) is 19.0. The van der Waals surface area contributed by atoms with Crippen molar-refractivity contribution in [3.63, 3.8) is 0 Å². The third-order valence-corrected chi connectivity index (χ3v) is 6.27. The number of hydrogen-bond donors (Lipinski definition) is 0. The van der Waals surface area contributed by atoms with Crippen molar-refractivity contribution < 1.29 is 14.2 Å². The predicted molar refractivity (Wildman–Crippen MR) is 120 cm³/mol. The maximum atomic E-state index is 5.84. The fraction of sp³-hybridized carbons (Fsp3) is 0.625. The van der Waals surface area contributed by atoms with Crippen LogP contribution < -0.4 is 0 Å². The maximum Gasteiger partial charge on any atom is 0.188 e. The summed E-state index contributed by atoms with van der Waals surface area (Å²) in [7, 11) is 0. The highest BCUT2D eigenvalue weighted by Gasteiger charge is 2.25. The second kappa shape index (κ2) is 8.40. The van der Waals surface area contributed by atoms with Crippen molar-refractivity contribution in [1.29, 1.82) is 0 Å². The van der Waals surface area contributed by atoms with Gasteiger partial charge in [0.25, 0.3) is 0 Å². The average molecular weight is 412 g/mol. The summed E-state index contributed by atoms with van der Waals surface area (Å²) in [5.41, 5.74) is 7.72. The van der Waals surface area contributed by atoms with Crippen LogP contribution in [0.1, 0.15) is 54.2 Å². The van der Waals surface area contributed by atoms with Crippen LogP contribution in [0.15, 0.2) is 15.0 Å². The molecule has 6 heteroatoms. The second-order valence-corrected chi connectivity index (χ2v) is 8.89. The molecule has 3 aliphatic rings. The van der Waals surface area contributed by atoms with Crippen molar-refractivity contribution in [3.8, 4) is 0 Å². The number of ether oxygens (including phenoxy) is 3. The molecule has 3 atom stereocenters. The van der Waals surface area contributed by atoms with Crippen molar-refractivity contribution >= 4 is 17.7 Å². The van der Waals surface area contributed by atoms with Gasteiger partial charge in [-0.05, 0) is 74.9 Å². The monoisotopic (exact) mass is 411 g/mol. The van der Waals surface area contributed by atoms with Crippen LogP contribution in [0.5, 0.6) is 0 Å². The highest BCUT2D eigenvalue weighted by atomic mass is 16.5. The molecule has 162 valence electrons. The van der Waals surface area contributed by atoms with E-state index in [1.54, 1.807) is 0 Å². The first-order valence-electron chi connectivity index (χ1n) is 11.0. The van der Waals surface area contributed by atoms with Crippen LogP contribution in [0.4, 0.5) is 0 Å². The van der Waals surface area contributed by atoms with Gasteiger partial charge in [-0.2, -0.15) is 0 Å². The third kappa shape index (κ3) is 4.23. The van der Waals surface area contributed by atoms with Crippen molar-refractivity contribution in [1.82, 2.24) is 0 Å². The minimum atomic E-state index is 0.232. The Kier molecular flexibility index (Phi) is 5.85. The van der Waals surface area contributed by atoms with E-state index < -0.39 is 0 Å². The molecular formula is C24H33N3O3. The smallest absolute Gasteiger partial charge is 0.188 e. The molecule has 0 aliphatic carbocycles. The molecule has 0 radical (unpaired) electrons. The molecule has 30 heavy (non-hydrogen) atoms. The van der Waals surface area contributed by atoms with Gasteiger partial charge in [0.05, 0.1) is 18.1 Å². The largest absolute Gasteiger partial charge is 0.478 e. The Hall–Kier alpha value is -2.37. The number of aliphatic imine (C=N–C) groups is 3. The minimum Gasteiger partial charge on any atom is -0.478 e. The van der Waals surface area contributed by atoms with Gasteiger partial charge in [-0.15, -0.1) is 0 Å². The SMILES string of the molecule is Cc1c(CC2=N[C@@H](C)CO2)c(C)c(CC2=N[C@@H](C)CO2)c(C)c1CC1=N[C@@H](C)CO1. The molecule has 3 aliphatic heterocycles. The van der Waals surface area contributed by atoms with Crippen LogP contribution in [0.25, 0.3) is 0 Å². The first-order chi connectivity index (χ1) is 14.3. The first-order valence-corrected chi connectivity index (χ1v) is 11.0. The molecule has 0 amide bonds. The Morgan fingerprint density at radius 3 is 1.03 bits per heavy atom. The standard InChI is InChI=1S/C24H33N3O3/c1-13-10-28-22(25-13)7-19-16(4)20(8-23-26-14(2)11-29-23)18(6)21(17(19)5)9-24-27-15(3)12-30-24/h13-15H,7-12H2,1-6H3/t13-,14-,15-/m0/s1. The number of benzene rings is 1. The Morgan fingerprint density at radius 2 is 0.833 bits per heavy atom. The Morgan fingerprint density at radius 1 is 0.567 bits per heavy atom. The maximum absolute atomic E-state index is 5.84. The molecule has 3 heterocycles. The van der Waals surface area contributed by atoms with Crippen molar-refractivity contribution in [3.05, 3.63) is 33.4 Å². The normalized spacial score (nSPS) is 25.4.